The van der Waals surface area contributed by atoms with Crippen molar-refractivity contribution < 1.29 is 13.2 Å². The van der Waals surface area contributed by atoms with Crippen LogP contribution in [-0.2, 0) is 10.0 Å². The van der Waals surface area contributed by atoms with Crippen molar-refractivity contribution in [1.29, 1.82) is 0 Å². The summed E-state index contributed by atoms with van der Waals surface area (Å²) in [5, 5.41) is 0. The van der Waals surface area contributed by atoms with Crippen molar-refractivity contribution in [3.8, 4) is 5.75 Å². The van der Waals surface area contributed by atoms with Gasteiger partial charge in [0.05, 0.1) is 12.6 Å². The van der Waals surface area contributed by atoms with Gasteiger partial charge in [-0.2, -0.15) is 4.72 Å². The smallest absolute Gasteiger partial charge is 0.245 e. The van der Waals surface area contributed by atoms with Crippen molar-refractivity contribution in [3.63, 3.8) is 0 Å². The average Bonchev–Trinajstić information content (AvgIpc) is 2.69. The number of nitrogens with one attached hydrogen (secondary N) is 1. The number of hydrogen-bond donors (Lipinski definition) is 1. The largest absolute Gasteiger partial charge is 0.492 e. The number of rotatable bonds is 7. The Hall–Kier alpha value is -2.63. The highest BCUT2D eigenvalue weighted by Crippen LogP contribution is 2.29. The molecular formula is C22H23NO3S. The minimum atomic E-state index is -3.81. The van der Waals surface area contributed by atoms with Gasteiger partial charge in [-0.1, -0.05) is 66.7 Å². The van der Waals surface area contributed by atoms with E-state index in [0.717, 1.165) is 16.7 Å². The Balaban J connectivity index is 2.05. The van der Waals surface area contributed by atoms with Gasteiger partial charge in [0.1, 0.15) is 10.6 Å². The predicted octanol–water partition coefficient (Wildman–Crippen LogP) is 4.46. The molecule has 0 aromatic heterocycles. The fraction of sp³-hybridized carbons (Fsp3) is 0.182. The lowest BCUT2D eigenvalue weighted by Crippen LogP contribution is -2.30. The molecule has 0 saturated carbocycles. The summed E-state index contributed by atoms with van der Waals surface area (Å²) in [5.41, 5.74) is 2.60. The Kier molecular flexibility index (Phi) is 5.94. The van der Waals surface area contributed by atoms with E-state index in [-0.39, 0.29) is 4.90 Å². The Morgan fingerprint density at radius 1 is 0.889 bits per heavy atom. The second-order valence-electron chi connectivity index (χ2n) is 6.26. The average molecular weight is 381 g/mol. The molecule has 0 radical (unpaired) electrons. The highest BCUT2D eigenvalue weighted by atomic mass is 32.2. The van der Waals surface area contributed by atoms with Crippen LogP contribution in [0.15, 0.2) is 83.8 Å². The van der Waals surface area contributed by atoms with Crippen molar-refractivity contribution in [2.24, 2.45) is 0 Å². The van der Waals surface area contributed by atoms with Crippen molar-refractivity contribution >= 4 is 10.0 Å². The molecule has 0 atom stereocenters. The van der Waals surface area contributed by atoms with Gasteiger partial charge in [0.25, 0.3) is 0 Å². The first-order valence-corrected chi connectivity index (χ1v) is 10.4. The molecule has 3 aromatic rings. The lowest BCUT2D eigenvalue weighted by atomic mass is 10.00. The van der Waals surface area contributed by atoms with Crippen LogP contribution in [0.3, 0.4) is 0 Å². The van der Waals surface area contributed by atoms with Crippen LogP contribution in [0.5, 0.6) is 5.75 Å². The summed E-state index contributed by atoms with van der Waals surface area (Å²) in [4.78, 5) is 0.154. The molecule has 0 unspecified atom stereocenters. The first-order chi connectivity index (χ1) is 13.0. The summed E-state index contributed by atoms with van der Waals surface area (Å²) in [6, 6.07) is 23.8. The number of aryl methyl sites for hydroxylation is 1. The van der Waals surface area contributed by atoms with Gasteiger partial charge in [0, 0.05) is 0 Å². The SMILES string of the molecule is CCOc1ccc(C)cc1S(=O)(=O)NC(c1ccccc1)c1ccccc1. The summed E-state index contributed by atoms with van der Waals surface area (Å²) in [6.07, 6.45) is 0. The monoisotopic (exact) mass is 381 g/mol. The van der Waals surface area contributed by atoms with Gasteiger partial charge in [-0.3, -0.25) is 0 Å². The molecule has 0 aliphatic rings. The van der Waals surface area contributed by atoms with E-state index in [1.54, 1.807) is 12.1 Å². The molecule has 3 rings (SSSR count). The van der Waals surface area contributed by atoms with Crippen LogP contribution in [0.2, 0.25) is 0 Å². The summed E-state index contributed by atoms with van der Waals surface area (Å²) >= 11 is 0. The second kappa shape index (κ2) is 8.37. The first-order valence-electron chi connectivity index (χ1n) is 8.87. The topological polar surface area (TPSA) is 55.4 Å². The minimum absolute atomic E-state index is 0.154. The lowest BCUT2D eigenvalue weighted by Gasteiger charge is -2.21. The molecule has 0 spiro atoms. The molecule has 4 nitrogen and oxygen atoms in total. The van der Waals surface area contributed by atoms with E-state index in [4.69, 9.17) is 4.74 Å². The third-order valence-corrected chi connectivity index (χ3v) is 5.67. The van der Waals surface area contributed by atoms with Crippen LogP contribution in [0.4, 0.5) is 0 Å². The Labute approximate surface area is 160 Å². The van der Waals surface area contributed by atoms with E-state index >= 15 is 0 Å². The van der Waals surface area contributed by atoms with Gasteiger partial charge < -0.3 is 4.74 Å². The van der Waals surface area contributed by atoms with Gasteiger partial charge >= 0.3 is 0 Å². The van der Waals surface area contributed by atoms with E-state index in [9.17, 15) is 8.42 Å². The van der Waals surface area contributed by atoms with Crippen LogP contribution in [0.1, 0.15) is 29.7 Å². The van der Waals surface area contributed by atoms with Crippen molar-refractivity contribution in [1.82, 2.24) is 4.72 Å². The zero-order chi connectivity index (χ0) is 19.3. The van der Waals surface area contributed by atoms with Crippen LogP contribution in [-0.4, -0.2) is 15.0 Å². The highest BCUT2D eigenvalue weighted by Gasteiger charge is 2.25. The zero-order valence-corrected chi connectivity index (χ0v) is 16.2. The van der Waals surface area contributed by atoms with Gasteiger partial charge in [0.2, 0.25) is 10.0 Å². The van der Waals surface area contributed by atoms with E-state index in [1.165, 1.54) is 0 Å². The number of benzene rings is 3. The molecule has 0 fully saturated rings. The molecule has 0 aliphatic carbocycles. The summed E-state index contributed by atoms with van der Waals surface area (Å²) in [5.74, 6) is 0.357. The molecular weight excluding hydrogens is 358 g/mol. The lowest BCUT2D eigenvalue weighted by molar-refractivity contribution is 0.331. The van der Waals surface area contributed by atoms with Crippen LogP contribution in [0.25, 0.3) is 0 Å². The van der Waals surface area contributed by atoms with E-state index in [0.29, 0.717) is 12.4 Å². The van der Waals surface area contributed by atoms with Crippen molar-refractivity contribution in [2.75, 3.05) is 6.61 Å². The van der Waals surface area contributed by atoms with Gasteiger partial charge in [-0.15, -0.1) is 0 Å². The quantitative estimate of drug-likeness (QED) is 0.657. The molecule has 5 heteroatoms. The van der Waals surface area contributed by atoms with Gasteiger partial charge in [-0.05, 0) is 42.7 Å². The maximum Gasteiger partial charge on any atom is 0.245 e. The molecule has 0 amide bonds. The summed E-state index contributed by atoms with van der Waals surface area (Å²) in [7, 11) is -3.81. The van der Waals surface area contributed by atoms with Crippen LogP contribution < -0.4 is 9.46 Å². The van der Waals surface area contributed by atoms with Gasteiger partial charge in [0.15, 0.2) is 0 Å². The Morgan fingerprint density at radius 2 is 1.44 bits per heavy atom. The third kappa shape index (κ3) is 4.56. The summed E-state index contributed by atoms with van der Waals surface area (Å²) < 4.78 is 34.9. The fourth-order valence-electron chi connectivity index (χ4n) is 2.94. The molecule has 0 saturated heterocycles. The standard InChI is InChI=1S/C22H23NO3S/c1-3-26-20-15-14-17(2)16-21(20)27(24,25)23-22(18-10-6-4-7-11-18)19-12-8-5-9-13-19/h4-16,22-23H,3H2,1-2H3. The molecule has 3 aromatic carbocycles. The minimum Gasteiger partial charge on any atom is -0.492 e. The van der Waals surface area contributed by atoms with Crippen LogP contribution >= 0.6 is 0 Å². The third-order valence-electron chi connectivity index (χ3n) is 4.23. The van der Waals surface area contributed by atoms with Crippen LogP contribution in [0, 0.1) is 6.92 Å². The van der Waals surface area contributed by atoms with Crippen molar-refractivity contribution in [3.05, 3.63) is 95.6 Å². The molecule has 0 heterocycles. The highest BCUT2D eigenvalue weighted by molar-refractivity contribution is 7.89. The first kappa shape index (κ1) is 19.1. The predicted molar refractivity (Wildman–Crippen MR) is 107 cm³/mol. The number of sulfonamides is 1. The van der Waals surface area contributed by atoms with E-state index in [2.05, 4.69) is 4.72 Å². The molecule has 0 bridgehead atoms. The molecule has 1 N–H and O–H groups in total. The second-order valence-corrected chi connectivity index (χ2v) is 7.94. The van der Waals surface area contributed by atoms with E-state index < -0.39 is 16.1 Å². The normalized spacial score (nSPS) is 11.5. The Bertz CT molecular complexity index is 947. The maximum absolute atomic E-state index is 13.2. The number of ether oxygens (including phenoxy) is 1. The zero-order valence-electron chi connectivity index (χ0n) is 15.4. The van der Waals surface area contributed by atoms with E-state index in [1.807, 2.05) is 80.6 Å². The maximum atomic E-state index is 13.2. The van der Waals surface area contributed by atoms with Gasteiger partial charge in [-0.25, -0.2) is 8.42 Å². The fourth-order valence-corrected chi connectivity index (χ4v) is 4.38. The molecule has 27 heavy (non-hydrogen) atoms. The van der Waals surface area contributed by atoms with Crippen molar-refractivity contribution in [2.45, 2.75) is 24.8 Å². The molecule has 140 valence electrons. The number of hydrogen-bond acceptors (Lipinski definition) is 3. The molecule has 0 aliphatic heterocycles. The Morgan fingerprint density at radius 3 is 1.96 bits per heavy atom. The summed E-state index contributed by atoms with van der Waals surface area (Å²) in [6.45, 7) is 4.09.